The van der Waals surface area contributed by atoms with Crippen LogP contribution in [0.5, 0.6) is 0 Å². The van der Waals surface area contributed by atoms with Gasteiger partial charge in [0, 0.05) is 6.04 Å². The van der Waals surface area contributed by atoms with E-state index < -0.39 is 11.9 Å². The molecule has 0 saturated heterocycles. The lowest BCUT2D eigenvalue weighted by Crippen LogP contribution is -2.38. The lowest BCUT2D eigenvalue weighted by atomic mass is 9.95. The second kappa shape index (κ2) is 4.64. The predicted molar refractivity (Wildman–Crippen MR) is 56.3 cm³/mol. The number of rotatable bonds is 3. The predicted octanol–water partition coefficient (Wildman–Crippen LogP) is 1.26. The summed E-state index contributed by atoms with van der Waals surface area (Å²) in [6.07, 6.45) is 1.31. The van der Waals surface area contributed by atoms with Crippen molar-refractivity contribution in [2.45, 2.75) is 39.7 Å². The molecule has 1 amide bonds. The molecule has 0 bridgehead atoms. The highest BCUT2D eigenvalue weighted by molar-refractivity contribution is 5.85. The van der Waals surface area contributed by atoms with Crippen LogP contribution in [0.15, 0.2) is 0 Å². The van der Waals surface area contributed by atoms with Crippen LogP contribution in [0.4, 0.5) is 0 Å². The van der Waals surface area contributed by atoms with Gasteiger partial charge in [0.05, 0.1) is 11.8 Å². The lowest BCUT2D eigenvalue weighted by molar-refractivity contribution is -0.146. The number of carbonyl (C=O) groups excluding carboxylic acids is 1. The Morgan fingerprint density at radius 1 is 1.27 bits per heavy atom. The Labute approximate surface area is 90.0 Å². The molecule has 0 spiro atoms. The molecular weight excluding hydrogens is 194 g/mol. The van der Waals surface area contributed by atoms with Gasteiger partial charge in [-0.2, -0.15) is 0 Å². The lowest BCUT2D eigenvalue weighted by Gasteiger charge is -2.17. The van der Waals surface area contributed by atoms with Crippen LogP contribution in [0.25, 0.3) is 0 Å². The number of nitrogens with one attached hydrogen (secondary N) is 1. The first-order chi connectivity index (χ1) is 6.91. The van der Waals surface area contributed by atoms with Crippen molar-refractivity contribution in [2.75, 3.05) is 0 Å². The van der Waals surface area contributed by atoms with Crippen molar-refractivity contribution >= 4 is 11.9 Å². The van der Waals surface area contributed by atoms with Crippen molar-refractivity contribution in [1.29, 1.82) is 0 Å². The Morgan fingerprint density at radius 3 is 2.27 bits per heavy atom. The fourth-order valence-corrected chi connectivity index (χ4v) is 2.25. The molecule has 1 aliphatic carbocycles. The first-order valence-corrected chi connectivity index (χ1v) is 5.45. The van der Waals surface area contributed by atoms with Crippen molar-refractivity contribution in [2.24, 2.45) is 17.8 Å². The van der Waals surface area contributed by atoms with E-state index in [-0.39, 0.29) is 17.9 Å². The quantitative estimate of drug-likeness (QED) is 0.741. The van der Waals surface area contributed by atoms with Crippen LogP contribution < -0.4 is 5.32 Å². The Kier molecular flexibility index (Phi) is 3.72. The maximum absolute atomic E-state index is 11.7. The zero-order valence-corrected chi connectivity index (χ0v) is 9.49. The molecule has 1 fully saturated rings. The molecule has 0 aromatic rings. The molecule has 86 valence electrons. The van der Waals surface area contributed by atoms with E-state index in [1.165, 1.54) is 0 Å². The van der Waals surface area contributed by atoms with Crippen molar-refractivity contribution < 1.29 is 14.7 Å². The minimum Gasteiger partial charge on any atom is -0.481 e. The first-order valence-electron chi connectivity index (χ1n) is 5.45. The molecule has 2 N–H and O–H groups in total. The first kappa shape index (κ1) is 12.0. The molecule has 4 nitrogen and oxygen atoms in total. The summed E-state index contributed by atoms with van der Waals surface area (Å²) < 4.78 is 0. The SMILES string of the molecule is CC1CC(C(=O)O)C(C(=O)NC(C)C)C1. The Balaban J connectivity index is 2.66. The molecule has 0 heterocycles. The Hall–Kier alpha value is -1.06. The normalized spacial score (nSPS) is 30.5. The highest BCUT2D eigenvalue weighted by Gasteiger charge is 2.41. The van der Waals surface area contributed by atoms with E-state index in [1.807, 2.05) is 20.8 Å². The molecule has 1 saturated carbocycles. The zero-order valence-electron chi connectivity index (χ0n) is 9.49. The second-order valence-electron chi connectivity index (χ2n) is 4.79. The third-order valence-electron chi connectivity index (χ3n) is 2.88. The minimum absolute atomic E-state index is 0.0721. The van der Waals surface area contributed by atoms with Gasteiger partial charge in [0.1, 0.15) is 0 Å². The molecule has 0 aromatic carbocycles. The van der Waals surface area contributed by atoms with E-state index in [0.29, 0.717) is 18.8 Å². The summed E-state index contributed by atoms with van der Waals surface area (Å²) in [7, 11) is 0. The van der Waals surface area contributed by atoms with Crippen LogP contribution in [0.1, 0.15) is 33.6 Å². The molecule has 0 radical (unpaired) electrons. The largest absolute Gasteiger partial charge is 0.481 e. The van der Waals surface area contributed by atoms with Crippen LogP contribution in [0, 0.1) is 17.8 Å². The van der Waals surface area contributed by atoms with Gasteiger partial charge >= 0.3 is 5.97 Å². The molecule has 3 atom stereocenters. The third-order valence-corrected chi connectivity index (χ3v) is 2.88. The Morgan fingerprint density at radius 2 is 1.80 bits per heavy atom. The van der Waals surface area contributed by atoms with E-state index >= 15 is 0 Å². The molecule has 4 heteroatoms. The average molecular weight is 213 g/mol. The summed E-state index contributed by atoms with van der Waals surface area (Å²) in [5.74, 6) is -1.47. The topological polar surface area (TPSA) is 66.4 Å². The number of amides is 1. The van der Waals surface area contributed by atoms with Crippen LogP contribution >= 0.6 is 0 Å². The maximum Gasteiger partial charge on any atom is 0.307 e. The van der Waals surface area contributed by atoms with Crippen LogP contribution in [-0.4, -0.2) is 23.0 Å². The number of carboxylic acids is 1. The molecule has 1 rings (SSSR count). The van der Waals surface area contributed by atoms with E-state index in [2.05, 4.69) is 5.32 Å². The average Bonchev–Trinajstić information content (AvgIpc) is 2.46. The van der Waals surface area contributed by atoms with Crippen molar-refractivity contribution in [3.63, 3.8) is 0 Å². The summed E-state index contributed by atoms with van der Waals surface area (Å²) in [5.41, 5.74) is 0. The number of aliphatic carboxylic acids is 1. The molecule has 1 aliphatic rings. The number of carboxylic acid groups (broad SMARTS) is 1. The molecule has 3 unspecified atom stereocenters. The summed E-state index contributed by atoms with van der Waals surface area (Å²) in [4.78, 5) is 22.7. The second-order valence-corrected chi connectivity index (χ2v) is 4.79. The molecule has 0 aromatic heterocycles. The smallest absolute Gasteiger partial charge is 0.307 e. The minimum atomic E-state index is -0.844. The molecule has 15 heavy (non-hydrogen) atoms. The standard InChI is InChI=1S/C11H19NO3/c1-6(2)12-10(13)8-4-7(3)5-9(8)11(14)15/h6-9H,4-5H2,1-3H3,(H,12,13)(H,14,15). The van der Waals surface area contributed by atoms with Gasteiger partial charge in [-0.3, -0.25) is 9.59 Å². The van der Waals surface area contributed by atoms with Crippen molar-refractivity contribution in [3.8, 4) is 0 Å². The fraction of sp³-hybridized carbons (Fsp3) is 0.818. The van der Waals surface area contributed by atoms with Gasteiger partial charge in [-0.05, 0) is 32.6 Å². The van der Waals surface area contributed by atoms with Gasteiger partial charge in [-0.15, -0.1) is 0 Å². The van der Waals surface area contributed by atoms with Crippen molar-refractivity contribution in [3.05, 3.63) is 0 Å². The number of hydrogen-bond donors (Lipinski definition) is 2. The third kappa shape index (κ3) is 2.94. The van der Waals surface area contributed by atoms with Gasteiger partial charge < -0.3 is 10.4 Å². The summed E-state index contributed by atoms with van der Waals surface area (Å²) >= 11 is 0. The van der Waals surface area contributed by atoms with E-state index in [4.69, 9.17) is 5.11 Å². The van der Waals surface area contributed by atoms with E-state index in [0.717, 1.165) is 0 Å². The zero-order chi connectivity index (χ0) is 11.6. The monoisotopic (exact) mass is 213 g/mol. The fourth-order valence-electron chi connectivity index (χ4n) is 2.25. The van der Waals surface area contributed by atoms with E-state index in [1.54, 1.807) is 0 Å². The van der Waals surface area contributed by atoms with Crippen LogP contribution in [-0.2, 0) is 9.59 Å². The highest BCUT2D eigenvalue weighted by atomic mass is 16.4. The van der Waals surface area contributed by atoms with Gasteiger partial charge in [0.15, 0.2) is 0 Å². The van der Waals surface area contributed by atoms with Crippen molar-refractivity contribution in [1.82, 2.24) is 5.32 Å². The number of carbonyl (C=O) groups is 2. The van der Waals surface area contributed by atoms with Gasteiger partial charge in [0.2, 0.25) is 5.91 Å². The van der Waals surface area contributed by atoms with Gasteiger partial charge in [-0.25, -0.2) is 0 Å². The van der Waals surface area contributed by atoms with E-state index in [9.17, 15) is 9.59 Å². The van der Waals surface area contributed by atoms with Crippen LogP contribution in [0.2, 0.25) is 0 Å². The highest BCUT2D eigenvalue weighted by Crippen LogP contribution is 2.36. The van der Waals surface area contributed by atoms with Crippen LogP contribution in [0.3, 0.4) is 0 Å². The summed E-state index contributed by atoms with van der Waals surface area (Å²) in [6.45, 7) is 5.76. The number of hydrogen-bond acceptors (Lipinski definition) is 2. The molecule has 0 aliphatic heterocycles. The summed E-state index contributed by atoms with van der Waals surface area (Å²) in [5, 5.41) is 11.8. The maximum atomic E-state index is 11.7. The summed E-state index contributed by atoms with van der Waals surface area (Å²) in [6, 6.07) is 0.0721. The Bertz CT molecular complexity index is 263. The van der Waals surface area contributed by atoms with Gasteiger partial charge in [-0.1, -0.05) is 6.92 Å². The van der Waals surface area contributed by atoms with Gasteiger partial charge in [0.25, 0.3) is 0 Å². The molecular formula is C11H19NO3.